The number of carbonyl (C=O) groups is 1. The molecule has 0 saturated heterocycles. The first-order valence-electron chi connectivity index (χ1n) is 9.79. The summed E-state index contributed by atoms with van der Waals surface area (Å²) in [6.45, 7) is 7.10. The summed E-state index contributed by atoms with van der Waals surface area (Å²) in [5.74, 6) is 0.790. The zero-order valence-corrected chi connectivity index (χ0v) is 16.9. The number of benzene rings is 2. The molecule has 0 heterocycles. The number of unbranched alkanes of at least 4 members (excludes halogenated alkanes) is 2. The molecular weight excluding hydrogens is 348 g/mol. The van der Waals surface area contributed by atoms with Gasteiger partial charge in [0.2, 0.25) is 0 Å². The van der Waals surface area contributed by atoms with Gasteiger partial charge in [0.1, 0.15) is 17.4 Å². The van der Waals surface area contributed by atoms with Crippen LogP contribution in [-0.4, -0.2) is 12.5 Å². The molecule has 146 valence electrons. The monoisotopic (exact) mass is 376 g/mol. The van der Waals surface area contributed by atoms with E-state index < -0.39 is 5.91 Å². The van der Waals surface area contributed by atoms with Crippen LogP contribution in [0.3, 0.4) is 0 Å². The number of rotatable bonds is 9. The fourth-order valence-corrected chi connectivity index (χ4v) is 2.67. The van der Waals surface area contributed by atoms with Crippen molar-refractivity contribution < 1.29 is 9.53 Å². The number of hydrogen-bond acceptors (Lipinski definition) is 3. The molecule has 0 aliphatic carbocycles. The number of nitrogens with one attached hydrogen (secondary N) is 1. The van der Waals surface area contributed by atoms with Crippen molar-refractivity contribution in [2.24, 2.45) is 0 Å². The molecule has 0 unspecified atom stereocenters. The van der Waals surface area contributed by atoms with Crippen molar-refractivity contribution in [3.05, 3.63) is 65.2 Å². The maximum Gasteiger partial charge on any atom is 0.266 e. The van der Waals surface area contributed by atoms with Crippen LogP contribution >= 0.6 is 0 Å². The highest BCUT2D eigenvalue weighted by Gasteiger charge is 2.10. The van der Waals surface area contributed by atoms with Crippen molar-refractivity contribution in [3.63, 3.8) is 0 Å². The van der Waals surface area contributed by atoms with Crippen LogP contribution in [0.1, 0.15) is 57.1 Å². The highest BCUT2D eigenvalue weighted by atomic mass is 16.5. The van der Waals surface area contributed by atoms with Gasteiger partial charge in [-0.3, -0.25) is 4.79 Å². The fraction of sp³-hybridized carbons (Fsp3) is 0.333. The van der Waals surface area contributed by atoms with E-state index in [1.165, 1.54) is 5.56 Å². The van der Waals surface area contributed by atoms with Crippen LogP contribution in [0.15, 0.2) is 54.1 Å². The molecule has 4 heteroatoms. The summed E-state index contributed by atoms with van der Waals surface area (Å²) < 4.78 is 5.67. The lowest BCUT2D eigenvalue weighted by molar-refractivity contribution is -0.112. The summed E-state index contributed by atoms with van der Waals surface area (Å²) in [6, 6.07) is 17.1. The van der Waals surface area contributed by atoms with Crippen LogP contribution in [-0.2, 0) is 4.79 Å². The normalized spacial score (nSPS) is 11.2. The molecular formula is C24H28N2O2. The SMILES string of the molecule is CCCCCOc1ccc(NC(=O)C(C#N)=Cc2ccc(C(C)C)cc2)cc1. The first kappa shape index (κ1) is 21.2. The maximum atomic E-state index is 12.4. The van der Waals surface area contributed by atoms with Crippen LogP contribution in [0.4, 0.5) is 5.69 Å². The first-order chi connectivity index (χ1) is 13.5. The van der Waals surface area contributed by atoms with Crippen molar-refractivity contribution in [1.29, 1.82) is 5.26 Å². The van der Waals surface area contributed by atoms with Gasteiger partial charge in [-0.15, -0.1) is 0 Å². The number of amides is 1. The molecule has 0 aliphatic heterocycles. The van der Waals surface area contributed by atoms with Crippen molar-refractivity contribution in [3.8, 4) is 11.8 Å². The predicted molar refractivity (Wildman–Crippen MR) is 114 cm³/mol. The fourth-order valence-electron chi connectivity index (χ4n) is 2.67. The van der Waals surface area contributed by atoms with Gasteiger partial charge >= 0.3 is 0 Å². The molecule has 1 amide bonds. The van der Waals surface area contributed by atoms with Gasteiger partial charge in [-0.25, -0.2) is 0 Å². The third kappa shape index (κ3) is 6.59. The van der Waals surface area contributed by atoms with Crippen LogP contribution in [0, 0.1) is 11.3 Å². The Hall–Kier alpha value is -3.06. The van der Waals surface area contributed by atoms with E-state index in [1.54, 1.807) is 18.2 Å². The molecule has 0 saturated carbocycles. The highest BCUT2D eigenvalue weighted by molar-refractivity contribution is 6.09. The number of hydrogen-bond donors (Lipinski definition) is 1. The van der Waals surface area contributed by atoms with Crippen molar-refractivity contribution in [2.45, 2.75) is 46.0 Å². The Morgan fingerprint density at radius 2 is 1.79 bits per heavy atom. The minimum atomic E-state index is -0.424. The number of nitriles is 1. The lowest BCUT2D eigenvalue weighted by atomic mass is 10.0. The standard InChI is InChI=1S/C24H28N2O2/c1-4-5-6-15-28-23-13-11-22(12-14-23)26-24(27)21(17-25)16-19-7-9-20(10-8-19)18(2)3/h7-14,16,18H,4-6,15H2,1-3H3,(H,26,27). The Morgan fingerprint density at radius 3 is 2.36 bits per heavy atom. The topological polar surface area (TPSA) is 62.1 Å². The largest absolute Gasteiger partial charge is 0.494 e. The smallest absolute Gasteiger partial charge is 0.266 e. The summed E-state index contributed by atoms with van der Waals surface area (Å²) >= 11 is 0. The van der Waals surface area contributed by atoms with Crippen LogP contribution < -0.4 is 10.1 Å². The lowest BCUT2D eigenvalue weighted by Gasteiger charge is -2.08. The molecule has 1 N–H and O–H groups in total. The molecule has 0 aromatic heterocycles. The second kappa shape index (κ2) is 10.9. The van der Waals surface area contributed by atoms with Gasteiger partial charge in [0.25, 0.3) is 5.91 Å². The molecule has 2 aromatic carbocycles. The summed E-state index contributed by atoms with van der Waals surface area (Å²) in [6.07, 6.45) is 4.94. The highest BCUT2D eigenvalue weighted by Crippen LogP contribution is 2.19. The summed E-state index contributed by atoms with van der Waals surface area (Å²) in [5, 5.41) is 12.1. The van der Waals surface area contributed by atoms with E-state index in [-0.39, 0.29) is 5.57 Å². The lowest BCUT2D eigenvalue weighted by Crippen LogP contribution is -2.13. The minimum Gasteiger partial charge on any atom is -0.494 e. The van der Waals surface area contributed by atoms with E-state index >= 15 is 0 Å². The summed E-state index contributed by atoms with van der Waals surface area (Å²) in [5.41, 5.74) is 2.74. The Labute approximate surface area is 167 Å². The maximum absolute atomic E-state index is 12.4. The van der Waals surface area contributed by atoms with Gasteiger partial charge < -0.3 is 10.1 Å². The van der Waals surface area contributed by atoms with Crippen molar-refractivity contribution in [2.75, 3.05) is 11.9 Å². The molecule has 28 heavy (non-hydrogen) atoms. The molecule has 0 aliphatic rings. The Kier molecular flexibility index (Phi) is 8.30. The van der Waals surface area contributed by atoms with Crippen molar-refractivity contribution in [1.82, 2.24) is 0 Å². The average Bonchev–Trinajstić information content (AvgIpc) is 2.71. The molecule has 4 nitrogen and oxygen atoms in total. The van der Waals surface area contributed by atoms with E-state index in [0.29, 0.717) is 18.2 Å². The van der Waals surface area contributed by atoms with Gasteiger partial charge in [-0.1, -0.05) is 57.9 Å². The zero-order chi connectivity index (χ0) is 20.4. The second-order valence-electron chi connectivity index (χ2n) is 7.03. The van der Waals surface area contributed by atoms with Gasteiger partial charge in [0.05, 0.1) is 6.61 Å². The van der Waals surface area contributed by atoms with E-state index in [4.69, 9.17) is 4.74 Å². The Bertz CT molecular complexity index is 828. The number of ether oxygens (including phenoxy) is 1. The zero-order valence-electron chi connectivity index (χ0n) is 16.9. The third-order valence-electron chi connectivity index (χ3n) is 4.41. The molecule has 0 fully saturated rings. The van der Waals surface area contributed by atoms with Crippen LogP contribution in [0.25, 0.3) is 6.08 Å². The van der Waals surface area contributed by atoms with E-state index in [0.717, 1.165) is 30.6 Å². The molecule has 0 spiro atoms. The molecule has 2 aromatic rings. The molecule has 0 bridgehead atoms. The van der Waals surface area contributed by atoms with Gasteiger partial charge in [-0.05, 0) is 53.8 Å². The summed E-state index contributed by atoms with van der Waals surface area (Å²) in [4.78, 5) is 12.4. The summed E-state index contributed by atoms with van der Waals surface area (Å²) in [7, 11) is 0. The number of carbonyl (C=O) groups excluding carboxylic acids is 1. The molecule has 2 rings (SSSR count). The third-order valence-corrected chi connectivity index (χ3v) is 4.41. The predicted octanol–water partition coefficient (Wildman–Crippen LogP) is 5.92. The molecule has 0 radical (unpaired) electrons. The average molecular weight is 377 g/mol. The van der Waals surface area contributed by atoms with Gasteiger partial charge in [0.15, 0.2) is 0 Å². The van der Waals surface area contributed by atoms with Gasteiger partial charge in [0, 0.05) is 5.69 Å². The minimum absolute atomic E-state index is 0.0668. The number of anilines is 1. The van der Waals surface area contributed by atoms with E-state index in [2.05, 4.69) is 26.1 Å². The van der Waals surface area contributed by atoms with E-state index in [9.17, 15) is 10.1 Å². The quantitative estimate of drug-likeness (QED) is 0.335. The first-order valence-corrected chi connectivity index (χ1v) is 9.79. The van der Waals surface area contributed by atoms with Crippen molar-refractivity contribution >= 4 is 17.7 Å². The Morgan fingerprint density at radius 1 is 1.11 bits per heavy atom. The van der Waals surface area contributed by atoms with Crippen LogP contribution in [0.5, 0.6) is 5.75 Å². The van der Waals surface area contributed by atoms with E-state index in [1.807, 2.05) is 42.5 Å². The number of nitrogens with zero attached hydrogens (tertiary/aromatic N) is 1. The second-order valence-corrected chi connectivity index (χ2v) is 7.03. The van der Waals surface area contributed by atoms with Gasteiger partial charge in [-0.2, -0.15) is 5.26 Å². The Balaban J connectivity index is 1.98. The molecule has 0 atom stereocenters. The van der Waals surface area contributed by atoms with Crippen LogP contribution in [0.2, 0.25) is 0 Å².